The lowest BCUT2D eigenvalue weighted by Gasteiger charge is -2.25. The quantitative estimate of drug-likeness (QED) is 0.0723. The highest BCUT2D eigenvalue weighted by atomic mass is 16.4. The molecule has 39 heavy (non-hydrogen) atoms. The zero-order valence-electron chi connectivity index (χ0n) is 26.5. The van der Waals surface area contributed by atoms with Gasteiger partial charge < -0.3 is 15.3 Å². The first kappa shape index (κ1) is 38.5. The zero-order chi connectivity index (χ0) is 28.8. The maximum Gasteiger partial charge on any atom is 0.138 e. The van der Waals surface area contributed by atoms with Gasteiger partial charge >= 0.3 is 0 Å². The van der Waals surface area contributed by atoms with Crippen molar-refractivity contribution >= 4 is 5.78 Å². The van der Waals surface area contributed by atoms with Gasteiger partial charge in [-0.05, 0) is 12.8 Å². The van der Waals surface area contributed by atoms with Crippen molar-refractivity contribution in [1.82, 2.24) is 0 Å². The lowest BCUT2D eigenvalue weighted by Crippen LogP contribution is -2.39. The summed E-state index contributed by atoms with van der Waals surface area (Å²) in [5.74, 6) is -0.478. The van der Waals surface area contributed by atoms with Crippen molar-refractivity contribution in [1.29, 1.82) is 0 Å². The SMILES string of the molecule is CCCCCCCCCCCCCCCCC(=O)C(CCCCCCCCCCCCCC)C(O)C(O)CO. The van der Waals surface area contributed by atoms with Crippen LogP contribution >= 0.6 is 0 Å². The number of aliphatic hydroxyl groups is 3. The summed E-state index contributed by atoms with van der Waals surface area (Å²) in [6, 6.07) is 0. The van der Waals surface area contributed by atoms with Crippen molar-refractivity contribution in [3.63, 3.8) is 0 Å². The van der Waals surface area contributed by atoms with Crippen LogP contribution in [0, 0.1) is 5.92 Å². The van der Waals surface area contributed by atoms with Crippen molar-refractivity contribution in [2.24, 2.45) is 5.92 Å². The van der Waals surface area contributed by atoms with E-state index in [9.17, 15) is 20.1 Å². The van der Waals surface area contributed by atoms with E-state index in [1.165, 1.54) is 141 Å². The Hall–Kier alpha value is -0.450. The Morgan fingerprint density at radius 3 is 1.13 bits per heavy atom. The molecule has 0 bridgehead atoms. The van der Waals surface area contributed by atoms with Crippen LogP contribution in [0.5, 0.6) is 0 Å². The molecule has 0 radical (unpaired) electrons. The summed E-state index contributed by atoms with van der Waals surface area (Å²) in [6.45, 7) is 4.03. The summed E-state index contributed by atoms with van der Waals surface area (Å²) in [7, 11) is 0. The topological polar surface area (TPSA) is 77.8 Å². The lowest BCUT2D eigenvalue weighted by atomic mass is 9.86. The van der Waals surface area contributed by atoms with E-state index in [0.717, 1.165) is 25.7 Å². The zero-order valence-corrected chi connectivity index (χ0v) is 26.5. The summed E-state index contributed by atoms with van der Waals surface area (Å²) in [4.78, 5) is 12.9. The molecule has 234 valence electrons. The van der Waals surface area contributed by atoms with Crippen molar-refractivity contribution in [3.8, 4) is 0 Å². The normalized spacial score (nSPS) is 14.0. The molecule has 0 saturated heterocycles. The Morgan fingerprint density at radius 2 is 0.795 bits per heavy atom. The van der Waals surface area contributed by atoms with Crippen LogP contribution in [0.15, 0.2) is 0 Å². The van der Waals surface area contributed by atoms with E-state index in [-0.39, 0.29) is 5.78 Å². The first-order valence-corrected chi connectivity index (χ1v) is 17.6. The Morgan fingerprint density at radius 1 is 0.487 bits per heavy atom. The van der Waals surface area contributed by atoms with Gasteiger partial charge in [-0.3, -0.25) is 4.79 Å². The standard InChI is InChI=1S/C35H70O4/c1-3-5-7-9-11-13-15-17-18-20-22-24-26-28-30-33(37)32(35(39)34(38)31-36)29-27-25-23-21-19-16-14-12-10-8-6-4-2/h32,34-36,38-39H,3-31H2,1-2H3. The number of aliphatic hydroxyl groups excluding tert-OH is 3. The van der Waals surface area contributed by atoms with Gasteiger partial charge in [0.25, 0.3) is 0 Å². The molecule has 0 aromatic heterocycles. The minimum absolute atomic E-state index is 0.0667. The second kappa shape index (κ2) is 30.5. The van der Waals surface area contributed by atoms with Crippen molar-refractivity contribution in [3.05, 3.63) is 0 Å². The van der Waals surface area contributed by atoms with Crippen LogP contribution < -0.4 is 0 Å². The number of carbonyl (C=O) groups excluding carboxylic acids is 1. The van der Waals surface area contributed by atoms with E-state index >= 15 is 0 Å². The molecule has 4 nitrogen and oxygen atoms in total. The number of hydrogen-bond donors (Lipinski definition) is 3. The lowest BCUT2D eigenvalue weighted by molar-refractivity contribution is -0.131. The van der Waals surface area contributed by atoms with Gasteiger partial charge in [-0.1, -0.05) is 174 Å². The van der Waals surface area contributed by atoms with E-state index in [0.29, 0.717) is 12.8 Å². The third kappa shape index (κ3) is 25.0. The molecule has 0 aliphatic carbocycles. The van der Waals surface area contributed by atoms with Crippen LogP contribution in [0.4, 0.5) is 0 Å². The number of unbranched alkanes of at least 4 members (excludes halogenated alkanes) is 24. The fourth-order valence-electron chi connectivity index (χ4n) is 5.78. The molecule has 0 rings (SSSR count). The van der Waals surface area contributed by atoms with Gasteiger partial charge in [0.05, 0.1) is 12.7 Å². The Bertz CT molecular complexity index is 495. The highest BCUT2D eigenvalue weighted by molar-refractivity contribution is 5.81. The summed E-state index contributed by atoms with van der Waals surface area (Å²) in [6.07, 6.45) is 31.9. The number of ketones is 1. The molecule has 0 heterocycles. The molecule has 0 spiro atoms. The van der Waals surface area contributed by atoms with Gasteiger partial charge in [0, 0.05) is 12.3 Å². The number of rotatable bonds is 32. The number of carbonyl (C=O) groups is 1. The summed E-state index contributed by atoms with van der Waals surface area (Å²) >= 11 is 0. The van der Waals surface area contributed by atoms with Crippen molar-refractivity contribution < 1.29 is 20.1 Å². The van der Waals surface area contributed by atoms with Crippen LogP contribution in [0.2, 0.25) is 0 Å². The molecule has 0 aromatic rings. The Balaban J connectivity index is 3.90. The van der Waals surface area contributed by atoms with Crippen LogP contribution in [-0.2, 0) is 4.79 Å². The molecule has 0 saturated carbocycles. The summed E-state index contributed by atoms with van der Waals surface area (Å²) < 4.78 is 0. The first-order chi connectivity index (χ1) is 19.1. The molecule has 3 unspecified atom stereocenters. The highest BCUT2D eigenvalue weighted by Gasteiger charge is 2.30. The van der Waals surface area contributed by atoms with Gasteiger partial charge in [0.1, 0.15) is 11.9 Å². The van der Waals surface area contributed by atoms with Gasteiger partial charge in [0.15, 0.2) is 0 Å². The average molecular weight is 555 g/mol. The molecule has 0 aromatic carbocycles. The van der Waals surface area contributed by atoms with Gasteiger partial charge in [-0.25, -0.2) is 0 Å². The van der Waals surface area contributed by atoms with E-state index in [1.54, 1.807) is 0 Å². The van der Waals surface area contributed by atoms with Crippen LogP contribution in [0.25, 0.3) is 0 Å². The second-order valence-corrected chi connectivity index (χ2v) is 12.3. The fraction of sp³-hybridized carbons (Fsp3) is 0.971. The molecule has 0 fully saturated rings. The molecule has 3 atom stereocenters. The fourth-order valence-corrected chi connectivity index (χ4v) is 5.78. The van der Waals surface area contributed by atoms with E-state index in [2.05, 4.69) is 13.8 Å². The third-order valence-corrected chi connectivity index (χ3v) is 8.55. The van der Waals surface area contributed by atoms with Crippen molar-refractivity contribution in [2.45, 2.75) is 206 Å². The first-order valence-electron chi connectivity index (χ1n) is 17.6. The Kier molecular flexibility index (Phi) is 30.2. The smallest absolute Gasteiger partial charge is 0.138 e. The predicted molar refractivity (Wildman–Crippen MR) is 168 cm³/mol. The monoisotopic (exact) mass is 555 g/mol. The summed E-state index contributed by atoms with van der Waals surface area (Å²) in [5.41, 5.74) is 0. The molecule has 0 aliphatic rings. The van der Waals surface area contributed by atoms with Crippen LogP contribution in [-0.4, -0.2) is 39.9 Å². The largest absolute Gasteiger partial charge is 0.394 e. The molecular formula is C35H70O4. The maximum absolute atomic E-state index is 12.9. The molecule has 3 N–H and O–H groups in total. The molecule has 0 aliphatic heterocycles. The molecule has 4 heteroatoms. The third-order valence-electron chi connectivity index (χ3n) is 8.55. The predicted octanol–water partition coefficient (Wildman–Crippen LogP) is 9.85. The van der Waals surface area contributed by atoms with Gasteiger partial charge in [0.2, 0.25) is 0 Å². The second-order valence-electron chi connectivity index (χ2n) is 12.3. The van der Waals surface area contributed by atoms with Crippen LogP contribution in [0.1, 0.15) is 194 Å². The number of Topliss-reactive ketones (excluding diaryl/α,β-unsaturated/α-hetero) is 1. The van der Waals surface area contributed by atoms with Gasteiger partial charge in [-0.15, -0.1) is 0 Å². The molecule has 0 amide bonds. The number of hydrogen-bond acceptors (Lipinski definition) is 4. The van der Waals surface area contributed by atoms with E-state index in [4.69, 9.17) is 0 Å². The van der Waals surface area contributed by atoms with E-state index in [1.807, 2.05) is 0 Å². The van der Waals surface area contributed by atoms with Gasteiger partial charge in [-0.2, -0.15) is 0 Å². The highest BCUT2D eigenvalue weighted by Crippen LogP contribution is 2.22. The minimum Gasteiger partial charge on any atom is -0.394 e. The maximum atomic E-state index is 12.9. The average Bonchev–Trinajstić information content (AvgIpc) is 2.94. The summed E-state index contributed by atoms with van der Waals surface area (Å²) in [5, 5.41) is 29.8. The van der Waals surface area contributed by atoms with E-state index < -0.39 is 24.7 Å². The van der Waals surface area contributed by atoms with Crippen molar-refractivity contribution in [2.75, 3.05) is 6.61 Å². The Labute approximate surface area is 244 Å². The minimum atomic E-state index is -1.23. The molecular weight excluding hydrogens is 484 g/mol. The van der Waals surface area contributed by atoms with Crippen LogP contribution in [0.3, 0.4) is 0 Å².